The van der Waals surface area contributed by atoms with E-state index >= 15 is 0 Å². The van der Waals surface area contributed by atoms with Gasteiger partial charge < -0.3 is 9.15 Å². The number of hydrazine groups is 1. The summed E-state index contributed by atoms with van der Waals surface area (Å²) in [5, 5.41) is 0. The zero-order chi connectivity index (χ0) is 14.4. The summed E-state index contributed by atoms with van der Waals surface area (Å²) < 4.78 is 11.0. The van der Waals surface area contributed by atoms with Crippen LogP contribution in [0.2, 0.25) is 0 Å². The van der Waals surface area contributed by atoms with E-state index in [1.165, 1.54) is 0 Å². The molecular formula is C16H22N2O2. The van der Waals surface area contributed by atoms with Crippen LogP contribution in [0.5, 0.6) is 5.75 Å². The fourth-order valence-electron chi connectivity index (χ4n) is 2.14. The number of nitrogens with two attached hydrogens (primary N) is 1. The van der Waals surface area contributed by atoms with Gasteiger partial charge in [0, 0.05) is 12.5 Å². The van der Waals surface area contributed by atoms with Crippen LogP contribution in [-0.4, -0.2) is 6.10 Å². The van der Waals surface area contributed by atoms with E-state index in [1.54, 1.807) is 6.26 Å². The van der Waals surface area contributed by atoms with Crippen molar-refractivity contribution in [3.8, 4) is 5.75 Å². The highest BCUT2D eigenvalue weighted by atomic mass is 16.5. The fraction of sp³-hybridized carbons (Fsp3) is 0.375. The average Bonchev–Trinajstić information content (AvgIpc) is 2.94. The lowest BCUT2D eigenvalue weighted by atomic mass is 10.0. The number of furan rings is 1. The number of nitrogens with one attached hydrogen (secondary N) is 1. The summed E-state index contributed by atoms with van der Waals surface area (Å²) >= 11 is 0. The van der Waals surface area contributed by atoms with Crippen LogP contribution >= 0.6 is 0 Å². The standard InChI is InChI=1S/C16H22N2O2/c1-12(2)20-15-7-5-13(6-8-15)16(18-17)10-9-14-4-3-11-19-14/h3-8,11-12,16,18H,9-10,17H2,1-2H3. The van der Waals surface area contributed by atoms with Crippen molar-refractivity contribution in [3.05, 3.63) is 54.0 Å². The molecule has 0 fully saturated rings. The van der Waals surface area contributed by atoms with Crippen molar-refractivity contribution in [1.82, 2.24) is 5.43 Å². The van der Waals surface area contributed by atoms with E-state index in [9.17, 15) is 0 Å². The summed E-state index contributed by atoms with van der Waals surface area (Å²) in [6.45, 7) is 4.03. The second-order valence-corrected chi connectivity index (χ2v) is 5.07. The Kier molecular flexibility index (Phi) is 5.21. The highest BCUT2D eigenvalue weighted by molar-refractivity contribution is 5.29. The second-order valence-electron chi connectivity index (χ2n) is 5.07. The van der Waals surface area contributed by atoms with Crippen LogP contribution < -0.4 is 16.0 Å². The van der Waals surface area contributed by atoms with Crippen LogP contribution in [0.4, 0.5) is 0 Å². The molecule has 20 heavy (non-hydrogen) atoms. The minimum absolute atomic E-state index is 0.105. The maximum atomic E-state index is 5.65. The van der Waals surface area contributed by atoms with Gasteiger partial charge in [-0.2, -0.15) is 0 Å². The summed E-state index contributed by atoms with van der Waals surface area (Å²) in [5.74, 6) is 7.51. The first-order valence-electron chi connectivity index (χ1n) is 6.94. The van der Waals surface area contributed by atoms with Gasteiger partial charge in [-0.1, -0.05) is 12.1 Å². The molecular weight excluding hydrogens is 252 g/mol. The lowest BCUT2D eigenvalue weighted by Crippen LogP contribution is -2.28. The van der Waals surface area contributed by atoms with Crippen molar-refractivity contribution < 1.29 is 9.15 Å². The molecule has 0 saturated carbocycles. The van der Waals surface area contributed by atoms with Crippen LogP contribution in [0.3, 0.4) is 0 Å². The average molecular weight is 274 g/mol. The molecule has 2 rings (SSSR count). The van der Waals surface area contributed by atoms with Crippen LogP contribution in [-0.2, 0) is 6.42 Å². The third-order valence-electron chi connectivity index (χ3n) is 3.11. The van der Waals surface area contributed by atoms with Crippen molar-refractivity contribution >= 4 is 0 Å². The molecule has 1 atom stereocenters. The predicted molar refractivity (Wildman–Crippen MR) is 79.3 cm³/mol. The quantitative estimate of drug-likeness (QED) is 0.601. The molecule has 0 aliphatic rings. The number of ether oxygens (including phenoxy) is 1. The normalized spacial score (nSPS) is 12.6. The van der Waals surface area contributed by atoms with Crippen LogP contribution in [0.15, 0.2) is 47.1 Å². The molecule has 0 aliphatic heterocycles. The molecule has 2 aromatic rings. The lowest BCUT2D eigenvalue weighted by molar-refractivity contribution is 0.242. The van der Waals surface area contributed by atoms with E-state index < -0.39 is 0 Å². The Morgan fingerprint density at radius 2 is 1.95 bits per heavy atom. The van der Waals surface area contributed by atoms with E-state index in [4.69, 9.17) is 15.0 Å². The highest BCUT2D eigenvalue weighted by Crippen LogP contribution is 2.22. The Labute approximate surface area is 119 Å². The Morgan fingerprint density at radius 3 is 2.50 bits per heavy atom. The maximum absolute atomic E-state index is 5.65. The zero-order valence-electron chi connectivity index (χ0n) is 12.0. The summed E-state index contributed by atoms with van der Waals surface area (Å²) in [5.41, 5.74) is 4.01. The first kappa shape index (κ1) is 14.6. The van der Waals surface area contributed by atoms with Crippen LogP contribution in [0, 0.1) is 0 Å². The maximum Gasteiger partial charge on any atom is 0.119 e. The van der Waals surface area contributed by atoms with Gasteiger partial charge in [-0.25, -0.2) is 0 Å². The van der Waals surface area contributed by atoms with Crippen molar-refractivity contribution in [2.75, 3.05) is 0 Å². The summed E-state index contributed by atoms with van der Waals surface area (Å²) in [6.07, 6.45) is 3.61. The fourth-order valence-corrected chi connectivity index (χ4v) is 2.14. The van der Waals surface area contributed by atoms with Gasteiger partial charge in [0.1, 0.15) is 11.5 Å². The number of benzene rings is 1. The molecule has 4 nitrogen and oxygen atoms in total. The van der Waals surface area contributed by atoms with Crippen molar-refractivity contribution in [1.29, 1.82) is 0 Å². The topological polar surface area (TPSA) is 60.4 Å². The first-order valence-corrected chi connectivity index (χ1v) is 6.94. The Hall–Kier alpha value is -1.78. The monoisotopic (exact) mass is 274 g/mol. The number of aryl methyl sites for hydroxylation is 1. The molecule has 0 bridgehead atoms. The molecule has 1 unspecified atom stereocenters. The lowest BCUT2D eigenvalue weighted by Gasteiger charge is -2.17. The van der Waals surface area contributed by atoms with Gasteiger partial charge >= 0.3 is 0 Å². The van der Waals surface area contributed by atoms with Crippen LogP contribution in [0.25, 0.3) is 0 Å². The Morgan fingerprint density at radius 1 is 1.20 bits per heavy atom. The van der Waals surface area contributed by atoms with Crippen molar-refractivity contribution in [2.45, 2.75) is 38.8 Å². The molecule has 108 valence electrons. The van der Waals surface area contributed by atoms with Gasteiger partial charge in [-0.05, 0) is 50.1 Å². The molecule has 1 aromatic carbocycles. The SMILES string of the molecule is CC(C)Oc1ccc(C(CCc2ccco2)NN)cc1. The highest BCUT2D eigenvalue weighted by Gasteiger charge is 2.11. The van der Waals surface area contributed by atoms with E-state index in [-0.39, 0.29) is 12.1 Å². The van der Waals surface area contributed by atoms with Gasteiger partial charge in [-0.3, -0.25) is 11.3 Å². The minimum atomic E-state index is 0.105. The van der Waals surface area contributed by atoms with Gasteiger partial charge in [0.05, 0.1) is 12.4 Å². The second kappa shape index (κ2) is 7.12. The molecule has 0 spiro atoms. The van der Waals surface area contributed by atoms with E-state index in [2.05, 4.69) is 5.43 Å². The molecule has 0 radical (unpaired) electrons. The molecule has 3 N–H and O–H groups in total. The summed E-state index contributed by atoms with van der Waals surface area (Å²) in [4.78, 5) is 0. The molecule has 0 aliphatic carbocycles. The molecule has 0 amide bonds. The molecule has 1 heterocycles. The summed E-state index contributed by atoms with van der Waals surface area (Å²) in [6, 6.07) is 12.0. The summed E-state index contributed by atoms with van der Waals surface area (Å²) in [7, 11) is 0. The zero-order valence-corrected chi connectivity index (χ0v) is 12.0. The number of rotatable bonds is 7. The van der Waals surface area contributed by atoms with Gasteiger partial charge in [0.15, 0.2) is 0 Å². The van der Waals surface area contributed by atoms with Crippen molar-refractivity contribution in [2.24, 2.45) is 5.84 Å². The number of hydrogen-bond donors (Lipinski definition) is 2. The molecule has 1 aromatic heterocycles. The largest absolute Gasteiger partial charge is 0.491 e. The van der Waals surface area contributed by atoms with E-state index in [0.717, 1.165) is 29.9 Å². The van der Waals surface area contributed by atoms with E-state index in [0.29, 0.717) is 0 Å². The first-order chi connectivity index (χ1) is 9.69. The molecule has 4 heteroatoms. The third-order valence-corrected chi connectivity index (χ3v) is 3.11. The van der Waals surface area contributed by atoms with Gasteiger partial charge in [-0.15, -0.1) is 0 Å². The third kappa shape index (κ3) is 4.11. The Bertz CT molecular complexity index is 492. The van der Waals surface area contributed by atoms with Gasteiger partial charge in [0.2, 0.25) is 0 Å². The van der Waals surface area contributed by atoms with Gasteiger partial charge in [0.25, 0.3) is 0 Å². The van der Waals surface area contributed by atoms with Crippen LogP contribution in [0.1, 0.15) is 37.6 Å². The van der Waals surface area contributed by atoms with E-state index in [1.807, 2.05) is 50.2 Å². The smallest absolute Gasteiger partial charge is 0.119 e. The Balaban J connectivity index is 1.96. The minimum Gasteiger partial charge on any atom is -0.491 e. The van der Waals surface area contributed by atoms with Crippen molar-refractivity contribution in [3.63, 3.8) is 0 Å². The molecule has 0 saturated heterocycles. The number of hydrogen-bond acceptors (Lipinski definition) is 4. The predicted octanol–water partition coefficient (Wildman–Crippen LogP) is 3.20.